The lowest BCUT2D eigenvalue weighted by atomic mass is 9.99. The molecule has 2 N–H and O–H groups in total. The van der Waals surface area contributed by atoms with Gasteiger partial charge in [0.05, 0.1) is 19.2 Å². The SMILES string of the molecule is CCCCCOc1ccc(-c2ccc(-c3ccc(C(=O)NCC(=O)NC(CC)C(=O)N4CCCC4C=O)cc3)cc2)cc1. The molecular formula is C35H41N3O5. The molecule has 43 heavy (non-hydrogen) atoms. The predicted octanol–water partition coefficient (Wildman–Crippen LogP) is 5.40. The van der Waals surface area contributed by atoms with E-state index in [4.69, 9.17) is 4.74 Å². The van der Waals surface area contributed by atoms with Crippen LogP contribution in [-0.4, -0.2) is 60.7 Å². The largest absolute Gasteiger partial charge is 0.494 e. The van der Waals surface area contributed by atoms with Crippen molar-refractivity contribution < 1.29 is 23.9 Å². The van der Waals surface area contributed by atoms with Crippen LogP contribution in [0.1, 0.15) is 62.7 Å². The van der Waals surface area contributed by atoms with E-state index in [1.807, 2.05) is 24.3 Å². The molecule has 3 aromatic rings. The third kappa shape index (κ3) is 8.53. The molecule has 0 saturated carbocycles. The lowest BCUT2D eigenvalue weighted by molar-refractivity contribution is -0.138. The number of hydrogen-bond acceptors (Lipinski definition) is 5. The molecule has 0 bridgehead atoms. The first kappa shape index (κ1) is 31.5. The van der Waals surface area contributed by atoms with Crippen LogP contribution in [0, 0.1) is 0 Å². The average molecular weight is 584 g/mol. The number of carbonyl (C=O) groups is 4. The first-order valence-electron chi connectivity index (χ1n) is 15.2. The van der Waals surface area contributed by atoms with Gasteiger partial charge in [-0.3, -0.25) is 14.4 Å². The first-order valence-corrected chi connectivity index (χ1v) is 15.2. The summed E-state index contributed by atoms with van der Waals surface area (Å²) in [5.41, 5.74) is 4.64. The number of aldehydes is 1. The predicted molar refractivity (Wildman–Crippen MR) is 168 cm³/mol. The molecule has 0 aliphatic carbocycles. The van der Waals surface area contributed by atoms with Crippen molar-refractivity contribution in [2.75, 3.05) is 19.7 Å². The highest BCUT2D eigenvalue weighted by Crippen LogP contribution is 2.27. The van der Waals surface area contributed by atoms with Gasteiger partial charge in [-0.25, -0.2) is 0 Å². The topological polar surface area (TPSA) is 105 Å². The van der Waals surface area contributed by atoms with Crippen LogP contribution in [-0.2, 0) is 14.4 Å². The Morgan fingerprint density at radius 3 is 2.02 bits per heavy atom. The first-order chi connectivity index (χ1) is 20.9. The normalized spacial score (nSPS) is 15.0. The minimum atomic E-state index is -0.732. The number of hydrogen-bond donors (Lipinski definition) is 2. The molecular weight excluding hydrogens is 542 g/mol. The standard InChI is InChI=1S/C35H41N3O5/c1-3-5-6-22-43-31-19-17-28(18-20-31)26-11-9-25(10-12-26)27-13-15-29(16-14-27)34(41)36-23-33(40)37-32(4-2)35(42)38-21-7-8-30(38)24-39/h9-20,24,30,32H,3-8,21-23H2,1-2H3,(H,36,41)(H,37,40). The maximum Gasteiger partial charge on any atom is 0.251 e. The summed E-state index contributed by atoms with van der Waals surface area (Å²) in [6.07, 6.45) is 6.00. The number of rotatable bonds is 14. The van der Waals surface area contributed by atoms with E-state index in [0.717, 1.165) is 53.7 Å². The van der Waals surface area contributed by atoms with E-state index in [9.17, 15) is 19.2 Å². The molecule has 2 unspecified atom stereocenters. The summed E-state index contributed by atoms with van der Waals surface area (Å²) >= 11 is 0. The van der Waals surface area contributed by atoms with Crippen molar-refractivity contribution >= 4 is 24.0 Å². The summed E-state index contributed by atoms with van der Waals surface area (Å²) in [5.74, 6) is -0.218. The van der Waals surface area contributed by atoms with Crippen LogP contribution in [0.3, 0.4) is 0 Å². The third-order valence-corrected chi connectivity index (χ3v) is 7.76. The van der Waals surface area contributed by atoms with Crippen molar-refractivity contribution in [3.8, 4) is 28.0 Å². The Balaban J connectivity index is 1.27. The molecule has 1 fully saturated rings. The number of nitrogens with zero attached hydrogens (tertiary/aromatic N) is 1. The lowest BCUT2D eigenvalue weighted by Gasteiger charge is -2.26. The Labute approximate surface area is 253 Å². The lowest BCUT2D eigenvalue weighted by Crippen LogP contribution is -2.51. The molecule has 1 aliphatic heterocycles. The molecule has 0 spiro atoms. The van der Waals surface area contributed by atoms with Crippen LogP contribution in [0.2, 0.25) is 0 Å². The second-order valence-corrected chi connectivity index (χ2v) is 10.8. The maximum absolute atomic E-state index is 12.8. The van der Waals surface area contributed by atoms with E-state index in [1.165, 1.54) is 17.7 Å². The molecule has 0 aromatic heterocycles. The number of nitrogens with one attached hydrogen (secondary N) is 2. The molecule has 1 saturated heterocycles. The van der Waals surface area contributed by atoms with E-state index >= 15 is 0 Å². The van der Waals surface area contributed by atoms with E-state index in [-0.39, 0.29) is 18.4 Å². The Morgan fingerprint density at radius 1 is 0.884 bits per heavy atom. The molecule has 4 rings (SSSR count). The van der Waals surface area contributed by atoms with Gasteiger partial charge in [0.15, 0.2) is 0 Å². The van der Waals surface area contributed by atoms with Gasteiger partial charge >= 0.3 is 0 Å². The number of amides is 3. The minimum absolute atomic E-state index is 0.255. The fraction of sp³-hybridized carbons (Fsp3) is 0.371. The summed E-state index contributed by atoms with van der Waals surface area (Å²) < 4.78 is 5.81. The van der Waals surface area contributed by atoms with Gasteiger partial charge in [0.2, 0.25) is 11.8 Å². The van der Waals surface area contributed by atoms with Crippen LogP contribution in [0.5, 0.6) is 5.75 Å². The summed E-state index contributed by atoms with van der Waals surface area (Å²) in [6.45, 7) is 4.97. The van der Waals surface area contributed by atoms with Gasteiger partial charge < -0.3 is 25.1 Å². The van der Waals surface area contributed by atoms with Crippen LogP contribution in [0.4, 0.5) is 0 Å². The molecule has 8 heteroatoms. The summed E-state index contributed by atoms with van der Waals surface area (Å²) in [4.78, 5) is 50.8. The van der Waals surface area contributed by atoms with Crippen molar-refractivity contribution in [2.24, 2.45) is 0 Å². The monoisotopic (exact) mass is 583 g/mol. The highest BCUT2D eigenvalue weighted by Gasteiger charge is 2.32. The van der Waals surface area contributed by atoms with Crippen LogP contribution >= 0.6 is 0 Å². The second kappa shape index (κ2) is 15.7. The fourth-order valence-electron chi connectivity index (χ4n) is 5.21. The molecule has 3 amide bonds. The van der Waals surface area contributed by atoms with Gasteiger partial charge in [-0.1, -0.05) is 75.2 Å². The van der Waals surface area contributed by atoms with Crippen LogP contribution in [0.15, 0.2) is 72.8 Å². The van der Waals surface area contributed by atoms with Crippen molar-refractivity contribution in [3.05, 3.63) is 78.4 Å². The van der Waals surface area contributed by atoms with E-state index in [1.54, 1.807) is 19.1 Å². The third-order valence-electron chi connectivity index (χ3n) is 7.76. The summed E-state index contributed by atoms with van der Waals surface area (Å²) in [6, 6.07) is 22.4. The van der Waals surface area contributed by atoms with Gasteiger partial charge in [0.1, 0.15) is 18.1 Å². The van der Waals surface area contributed by atoms with Crippen molar-refractivity contribution in [1.82, 2.24) is 15.5 Å². The number of unbranched alkanes of at least 4 members (excludes halogenated alkanes) is 2. The minimum Gasteiger partial charge on any atom is -0.494 e. The van der Waals surface area contributed by atoms with Gasteiger partial charge in [0.25, 0.3) is 5.91 Å². The van der Waals surface area contributed by atoms with Crippen molar-refractivity contribution in [2.45, 2.75) is 64.5 Å². The smallest absolute Gasteiger partial charge is 0.251 e. The van der Waals surface area contributed by atoms with Gasteiger partial charge in [-0.2, -0.15) is 0 Å². The molecule has 1 aliphatic rings. The highest BCUT2D eigenvalue weighted by molar-refractivity contribution is 5.97. The molecule has 3 aromatic carbocycles. The number of carbonyl (C=O) groups excluding carboxylic acids is 4. The van der Waals surface area contributed by atoms with Gasteiger partial charge in [-0.15, -0.1) is 0 Å². The zero-order valence-electron chi connectivity index (χ0n) is 25.0. The highest BCUT2D eigenvalue weighted by atomic mass is 16.5. The number of likely N-dealkylation sites (tertiary alicyclic amines) is 1. The Kier molecular flexibility index (Phi) is 11.5. The van der Waals surface area contributed by atoms with Crippen molar-refractivity contribution in [1.29, 1.82) is 0 Å². The Morgan fingerprint density at radius 2 is 1.47 bits per heavy atom. The molecule has 2 atom stereocenters. The van der Waals surface area contributed by atoms with Gasteiger partial charge in [0, 0.05) is 12.1 Å². The molecule has 0 radical (unpaired) electrons. The Bertz CT molecular complexity index is 1370. The summed E-state index contributed by atoms with van der Waals surface area (Å²) in [5, 5.41) is 5.31. The fourth-order valence-corrected chi connectivity index (χ4v) is 5.21. The number of benzene rings is 3. The van der Waals surface area contributed by atoms with Crippen LogP contribution < -0.4 is 15.4 Å². The summed E-state index contributed by atoms with van der Waals surface area (Å²) in [7, 11) is 0. The van der Waals surface area contributed by atoms with Crippen LogP contribution in [0.25, 0.3) is 22.3 Å². The maximum atomic E-state index is 12.8. The average Bonchev–Trinajstić information content (AvgIpc) is 3.54. The van der Waals surface area contributed by atoms with Crippen molar-refractivity contribution in [3.63, 3.8) is 0 Å². The molecule has 226 valence electrons. The van der Waals surface area contributed by atoms with E-state index in [2.05, 4.69) is 54.0 Å². The van der Waals surface area contributed by atoms with Gasteiger partial charge in [-0.05, 0) is 72.2 Å². The molecule has 8 nitrogen and oxygen atoms in total. The zero-order valence-corrected chi connectivity index (χ0v) is 25.0. The Hall–Kier alpha value is -4.46. The zero-order chi connectivity index (χ0) is 30.6. The second-order valence-electron chi connectivity index (χ2n) is 10.8. The number of ether oxygens (including phenoxy) is 1. The molecule has 1 heterocycles. The quantitative estimate of drug-likeness (QED) is 0.195. The van der Waals surface area contributed by atoms with E-state index < -0.39 is 18.0 Å². The van der Waals surface area contributed by atoms with E-state index in [0.29, 0.717) is 24.9 Å².